The first-order valence-corrected chi connectivity index (χ1v) is 6.03. The summed E-state index contributed by atoms with van der Waals surface area (Å²) in [4.78, 5) is 15.5. The molecule has 0 unspecified atom stereocenters. The Morgan fingerprint density at radius 3 is 2.76 bits per heavy atom. The molecule has 0 saturated carbocycles. The van der Waals surface area contributed by atoms with Gasteiger partial charge in [0, 0.05) is 18.8 Å². The van der Waals surface area contributed by atoms with Gasteiger partial charge in [0.1, 0.15) is 10.1 Å². The molecule has 4 nitrogen and oxygen atoms in total. The van der Waals surface area contributed by atoms with E-state index in [2.05, 4.69) is 10.1 Å². The fraction of sp³-hybridized carbons (Fsp3) is 0.250. The van der Waals surface area contributed by atoms with Gasteiger partial charge in [0.2, 0.25) is 0 Å². The van der Waals surface area contributed by atoms with Crippen molar-refractivity contribution < 1.29 is 4.79 Å². The number of aromatic nitrogens is 3. The zero-order valence-electron chi connectivity index (χ0n) is 9.97. The van der Waals surface area contributed by atoms with Crippen LogP contribution in [0.3, 0.4) is 0 Å². The summed E-state index contributed by atoms with van der Waals surface area (Å²) in [5.74, 6) is 0.0513. The number of rotatable bonds is 3. The molecule has 0 aliphatic rings. The molecule has 2 rings (SSSR count). The Bertz CT molecular complexity index is 563. The molecular weight excluding hydrogens is 234 g/mol. The van der Waals surface area contributed by atoms with Gasteiger partial charge in [-0.05, 0) is 32.0 Å². The van der Waals surface area contributed by atoms with E-state index in [4.69, 9.17) is 0 Å². The van der Waals surface area contributed by atoms with E-state index in [1.165, 1.54) is 11.8 Å². The van der Waals surface area contributed by atoms with E-state index < -0.39 is 0 Å². The first kappa shape index (κ1) is 11.9. The van der Waals surface area contributed by atoms with E-state index in [1.807, 2.05) is 24.7 Å². The molecule has 0 N–H and O–H groups in total. The lowest BCUT2D eigenvalue weighted by atomic mass is 10.2. The van der Waals surface area contributed by atoms with Crippen LogP contribution in [0.2, 0.25) is 0 Å². The molecule has 0 saturated heterocycles. The van der Waals surface area contributed by atoms with Crippen molar-refractivity contribution in [3.63, 3.8) is 0 Å². The van der Waals surface area contributed by atoms with E-state index in [0.29, 0.717) is 5.56 Å². The third-order valence-corrected chi connectivity index (χ3v) is 3.33. The number of carbonyl (C=O) groups is 1. The van der Waals surface area contributed by atoms with E-state index in [0.717, 1.165) is 15.7 Å². The average Bonchev–Trinajstić information content (AvgIpc) is 2.58. The van der Waals surface area contributed by atoms with Crippen molar-refractivity contribution in [2.24, 2.45) is 7.05 Å². The molecule has 0 amide bonds. The van der Waals surface area contributed by atoms with Gasteiger partial charge >= 0.3 is 0 Å². The molecule has 0 bridgehead atoms. The zero-order chi connectivity index (χ0) is 12.4. The lowest BCUT2D eigenvalue weighted by Gasteiger charge is -2.02. The van der Waals surface area contributed by atoms with Crippen molar-refractivity contribution in [1.29, 1.82) is 0 Å². The number of ketones is 1. The number of hydrogen-bond donors (Lipinski definition) is 0. The SMILES string of the molecule is CC(=O)c1ccnc(Sc2cc(C)nn2C)c1. The lowest BCUT2D eigenvalue weighted by Crippen LogP contribution is -1.95. The zero-order valence-corrected chi connectivity index (χ0v) is 10.8. The Kier molecular flexibility index (Phi) is 3.28. The molecule has 2 heterocycles. The Hall–Kier alpha value is -1.62. The van der Waals surface area contributed by atoms with E-state index in [1.54, 1.807) is 25.3 Å². The van der Waals surface area contributed by atoms with Crippen molar-refractivity contribution in [2.45, 2.75) is 23.9 Å². The van der Waals surface area contributed by atoms with Crippen LogP contribution in [0.5, 0.6) is 0 Å². The Morgan fingerprint density at radius 1 is 1.41 bits per heavy atom. The summed E-state index contributed by atoms with van der Waals surface area (Å²) >= 11 is 1.50. The molecule has 5 heteroatoms. The predicted molar refractivity (Wildman–Crippen MR) is 66.3 cm³/mol. The van der Waals surface area contributed by atoms with Gasteiger partial charge in [-0.15, -0.1) is 0 Å². The first-order valence-electron chi connectivity index (χ1n) is 5.22. The maximum atomic E-state index is 11.3. The molecule has 2 aromatic heterocycles. The van der Waals surface area contributed by atoms with Gasteiger partial charge in [-0.3, -0.25) is 9.48 Å². The highest BCUT2D eigenvalue weighted by Crippen LogP contribution is 2.26. The topological polar surface area (TPSA) is 47.8 Å². The van der Waals surface area contributed by atoms with Crippen LogP contribution in [-0.4, -0.2) is 20.5 Å². The van der Waals surface area contributed by atoms with Crippen LogP contribution in [0.25, 0.3) is 0 Å². The number of nitrogens with zero attached hydrogens (tertiary/aromatic N) is 3. The first-order chi connectivity index (χ1) is 8.06. The fourth-order valence-electron chi connectivity index (χ4n) is 1.47. The smallest absolute Gasteiger partial charge is 0.159 e. The van der Waals surface area contributed by atoms with Crippen LogP contribution in [-0.2, 0) is 7.05 Å². The van der Waals surface area contributed by atoms with Crippen LogP contribution in [0.4, 0.5) is 0 Å². The fourth-order valence-corrected chi connectivity index (χ4v) is 2.39. The van der Waals surface area contributed by atoms with Crippen molar-refractivity contribution in [3.8, 4) is 0 Å². The molecule has 0 fully saturated rings. The van der Waals surface area contributed by atoms with Gasteiger partial charge in [0.15, 0.2) is 5.78 Å². The maximum absolute atomic E-state index is 11.3. The average molecular weight is 247 g/mol. The van der Waals surface area contributed by atoms with Gasteiger partial charge in [-0.2, -0.15) is 5.10 Å². The van der Waals surface area contributed by atoms with E-state index >= 15 is 0 Å². The number of Topliss-reactive ketones (excluding diaryl/α,β-unsaturated/α-hetero) is 1. The maximum Gasteiger partial charge on any atom is 0.159 e. The van der Waals surface area contributed by atoms with Crippen molar-refractivity contribution in [2.75, 3.05) is 0 Å². The third-order valence-electron chi connectivity index (χ3n) is 2.31. The number of pyridine rings is 1. The van der Waals surface area contributed by atoms with Gasteiger partial charge in [-0.25, -0.2) is 4.98 Å². The summed E-state index contributed by atoms with van der Waals surface area (Å²) in [5.41, 5.74) is 1.65. The molecule has 0 spiro atoms. The quantitative estimate of drug-likeness (QED) is 0.782. The molecule has 88 valence electrons. The van der Waals surface area contributed by atoms with Crippen LogP contribution < -0.4 is 0 Å². The molecule has 17 heavy (non-hydrogen) atoms. The molecule has 0 aliphatic heterocycles. The highest BCUT2D eigenvalue weighted by Gasteiger charge is 2.07. The summed E-state index contributed by atoms with van der Waals surface area (Å²) in [5, 5.41) is 6.08. The number of hydrogen-bond acceptors (Lipinski definition) is 4. The van der Waals surface area contributed by atoms with Crippen molar-refractivity contribution >= 4 is 17.5 Å². The van der Waals surface area contributed by atoms with Gasteiger partial charge in [0.25, 0.3) is 0 Å². The molecule has 2 aromatic rings. The van der Waals surface area contributed by atoms with Gasteiger partial charge in [-0.1, -0.05) is 11.8 Å². The predicted octanol–water partition coefficient (Wildman–Crippen LogP) is 2.48. The molecule has 0 atom stereocenters. The van der Waals surface area contributed by atoms with Gasteiger partial charge < -0.3 is 0 Å². The second-order valence-corrected chi connectivity index (χ2v) is 4.83. The Labute approximate surface area is 104 Å². The minimum atomic E-state index is 0.0513. The highest BCUT2D eigenvalue weighted by molar-refractivity contribution is 7.99. The third kappa shape index (κ3) is 2.74. The summed E-state index contributed by atoms with van der Waals surface area (Å²) < 4.78 is 1.81. The van der Waals surface area contributed by atoms with Crippen LogP contribution >= 0.6 is 11.8 Å². The summed E-state index contributed by atoms with van der Waals surface area (Å²) in [6.45, 7) is 3.50. The molecular formula is C12H13N3OS. The highest BCUT2D eigenvalue weighted by atomic mass is 32.2. The van der Waals surface area contributed by atoms with Crippen molar-refractivity contribution in [1.82, 2.24) is 14.8 Å². The molecule has 0 aliphatic carbocycles. The summed E-state index contributed by atoms with van der Waals surface area (Å²) in [7, 11) is 1.89. The summed E-state index contributed by atoms with van der Waals surface area (Å²) in [6.07, 6.45) is 1.66. The second-order valence-electron chi connectivity index (χ2n) is 3.79. The normalized spacial score (nSPS) is 10.5. The second kappa shape index (κ2) is 4.71. The largest absolute Gasteiger partial charge is 0.295 e. The minimum absolute atomic E-state index is 0.0513. The van der Waals surface area contributed by atoms with E-state index in [-0.39, 0.29) is 5.78 Å². The lowest BCUT2D eigenvalue weighted by molar-refractivity contribution is 0.101. The van der Waals surface area contributed by atoms with E-state index in [9.17, 15) is 4.79 Å². The van der Waals surface area contributed by atoms with Crippen LogP contribution in [0, 0.1) is 6.92 Å². The monoisotopic (exact) mass is 247 g/mol. The van der Waals surface area contributed by atoms with Gasteiger partial charge in [0.05, 0.1) is 5.69 Å². The Morgan fingerprint density at radius 2 is 2.18 bits per heavy atom. The van der Waals surface area contributed by atoms with Crippen LogP contribution in [0.15, 0.2) is 34.4 Å². The Balaban J connectivity index is 2.27. The van der Waals surface area contributed by atoms with Crippen molar-refractivity contribution in [3.05, 3.63) is 35.7 Å². The standard InChI is InChI=1S/C12H13N3OS/c1-8-6-12(15(3)14-8)17-11-7-10(9(2)16)4-5-13-11/h4-7H,1-3H3. The summed E-state index contributed by atoms with van der Waals surface area (Å²) in [6, 6.07) is 5.52. The number of carbonyl (C=O) groups excluding carboxylic acids is 1. The van der Waals surface area contributed by atoms with Crippen LogP contribution in [0.1, 0.15) is 23.0 Å². The number of aryl methyl sites for hydroxylation is 2. The minimum Gasteiger partial charge on any atom is -0.295 e. The molecule has 0 radical (unpaired) electrons. The molecule has 0 aromatic carbocycles.